The van der Waals surface area contributed by atoms with E-state index in [4.69, 9.17) is 16.9 Å². The Hall–Kier alpha value is -1.53. The number of aromatic hydroxyl groups is 1. The van der Waals surface area contributed by atoms with E-state index in [-0.39, 0.29) is 27.7 Å². The average molecular weight is 196 g/mol. The predicted molar refractivity (Wildman–Crippen MR) is 47.8 cm³/mol. The Kier molecular flexibility index (Phi) is 2.54. The number of ketones is 1. The van der Waals surface area contributed by atoms with E-state index in [1.807, 2.05) is 0 Å². The molecule has 0 aromatic heterocycles. The molecule has 3 nitrogen and oxygen atoms in total. The zero-order chi connectivity index (χ0) is 10.0. The van der Waals surface area contributed by atoms with Gasteiger partial charge in [0.25, 0.3) is 0 Å². The molecular formula is C9H6ClNO2. The third kappa shape index (κ3) is 1.79. The second kappa shape index (κ2) is 3.46. The minimum atomic E-state index is -0.323. The molecule has 1 rings (SSSR count). The summed E-state index contributed by atoms with van der Waals surface area (Å²) in [6, 6.07) is 4.39. The second-order valence-corrected chi connectivity index (χ2v) is 2.95. The van der Waals surface area contributed by atoms with E-state index in [0.717, 1.165) is 0 Å². The molecule has 0 unspecified atom stereocenters. The molecule has 0 saturated carbocycles. The number of rotatable bonds is 1. The van der Waals surface area contributed by atoms with Crippen LogP contribution in [0.15, 0.2) is 12.1 Å². The molecule has 13 heavy (non-hydrogen) atoms. The molecule has 0 atom stereocenters. The number of Topliss-reactive ketones (excluding diaryl/α,β-unsaturated/α-hetero) is 1. The molecule has 1 aromatic rings. The van der Waals surface area contributed by atoms with Gasteiger partial charge in [0.05, 0.1) is 11.1 Å². The molecule has 0 aliphatic rings. The summed E-state index contributed by atoms with van der Waals surface area (Å²) >= 11 is 5.63. The van der Waals surface area contributed by atoms with E-state index in [0.29, 0.717) is 0 Å². The molecule has 1 N–H and O–H groups in total. The smallest absolute Gasteiger partial charge is 0.163 e. The molecule has 0 aliphatic carbocycles. The topological polar surface area (TPSA) is 61.1 Å². The number of phenolic OH excluding ortho intramolecular Hbond substituents is 1. The van der Waals surface area contributed by atoms with Gasteiger partial charge in [-0.05, 0) is 19.1 Å². The molecule has 0 spiro atoms. The van der Waals surface area contributed by atoms with Crippen LogP contribution in [0.1, 0.15) is 22.8 Å². The van der Waals surface area contributed by atoms with Gasteiger partial charge in [0.15, 0.2) is 5.78 Å². The number of hydrogen-bond donors (Lipinski definition) is 1. The third-order valence-corrected chi connectivity index (χ3v) is 1.79. The van der Waals surface area contributed by atoms with E-state index >= 15 is 0 Å². The first kappa shape index (κ1) is 9.56. The Bertz CT molecular complexity index is 407. The Morgan fingerprint density at radius 1 is 1.62 bits per heavy atom. The molecule has 0 saturated heterocycles. The fourth-order valence-electron chi connectivity index (χ4n) is 0.953. The van der Waals surface area contributed by atoms with Crippen molar-refractivity contribution in [2.24, 2.45) is 0 Å². The van der Waals surface area contributed by atoms with Crippen LogP contribution < -0.4 is 0 Å². The fourth-order valence-corrected chi connectivity index (χ4v) is 1.17. The fraction of sp³-hybridized carbons (Fsp3) is 0.111. The summed E-state index contributed by atoms with van der Waals surface area (Å²) in [5.74, 6) is -0.629. The van der Waals surface area contributed by atoms with Crippen molar-refractivity contribution in [2.45, 2.75) is 6.92 Å². The number of benzene rings is 1. The molecule has 66 valence electrons. The van der Waals surface area contributed by atoms with Crippen LogP contribution >= 0.6 is 11.6 Å². The molecule has 4 heteroatoms. The largest absolute Gasteiger partial charge is 0.506 e. The summed E-state index contributed by atoms with van der Waals surface area (Å²) in [7, 11) is 0. The molecule has 0 bridgehead atoms. The van der Waals surface area contributed by atoms with Gasteiger partial charge in [-0.1, -0.05) is 11.6 Å². The predicted octanol–water partition coefficient (Wildman–Crippen LogP) is 2.12. The average Bonchev–Trinajstić information content (AvgIpc) is 2.08. The van der Waals surface area contributed by atoms with Crippen molar-refractivity contribution < 1.29 is 9.90 Å². The lowest BCUT2D eigenvalue weighted by Gasteiger charge is -2.02. The van der Waals surface area contributed by atoms with Gasteiger partial charge in [-0.2, -0.15) is 5.26 Å². The van der Waals surface area contributed by atoms with Crippen LogP contribution in [0.25, 0.3) is 0 Å². The highest BCUT2D eigenvalue weighted by molar-refractivity contribution is 6.31. The quantitative estimate of drug-likeness (QED) is 0.699. The highest BCUT2D eigenvalue weighted by atomic mass is 35.5. The molecule has 0 fully saturated rings. The van der Waals surface area contributed by atoms with Crippen LogP contribution in [0.4, 0.5) is 0 Å². The third-order valence-electron chi connectivity index (χ3n) is 1.57. The van der Waals surface area contributed by atoms with Crippen molar-refractivity contribution >= 4 is 17.4 Å². The Balaban J connectivity index is 3.47. The molecule has 0 heterocycles. The van der Waals surface area contributed by atoms with Crippen molar-refractivity contribution in [1.82, 2.24) is 0 Å². The Morgan fingerprint density at radius 3 is 2.69 bits per heavy atom. The number of carbonyl (C=O) groups is 1. The minimum absolute atomic E-state index is 0.0118. The first-order chi connectivity index (χ1) is 6.06. The van der Waals surface area contributed by atoms with E-state index in [2.05, 4.69) is 0 Å². The highest BCUT2D eigenvalue weighted by Crippen LogP contribution is 2.26. The molecule has 0 aliphatic heterocycles. The van der Waals surface area contributed by atoms with Crippen LogP contribution in [0.2, 0.25) is 5.02 Å². The van der Waals surface area contributed by atoms with Gasteiger partial charge in [-0.15, -0.1) is 0 Å². The van der Waals surface area contributed by atoms with Crippen molar-refractivity contribution in [3.8, 4) is 11.8 Å². The van der Waals surface area contributed by atoms with Crippen LogP contribution in [0, 0.1) is 11.3 Å². The van der Waals surface area contributed by atoms with E-state index < -0.39 is 0 Å². The van der Waals surface area contributed by atoms with Gasteiger partial charge in [0.2, 0.25) is 0 Å². The molecular weight excluding hydrogens is 190 g/mol. The lowest BCUT2D eigenvalue weighted by atomic mass is 10.1. The van der Waals surface area contributed by atoms with Gasteiger partial charge in [0.1, 0.15) is 11.8 Å². The van der Waals surface area contributed by atoms with Crippen LogP contribution in [-0.2, 0) is 0 Å². The summed E-state index contributed by atoms with van der Waals surface area (Å²) in [6.45, 7) is 1.30. The summed E-state index contributed by atoms with van der Waals surface area (Å²) in [4.78, 5) is 11.0. The highest BCUT2D eigenvalue weighted by Gasteiger charge is 2.12. The Labute approximate surface area is 80.2 Å². The number of phenols is 1. The molecule has 0 amide bonds. The normalized spacial score (nSPS) is 9.31. The molecule has 1 aromatic carbocycles. The van der Waals surface area contributed by atoms with Crippen LogP contribution in [0.5, 0.6) is 5.75 Å². The van der Waals surface area contributed by atoms with Crippen molar-refractivity contribution in [3.63, 3.8) is 0 Å². The number of carbonyl (C=O) groups excluding carboxylic acids is 1. The number of halogens is 1. The van der Waals surface area contributed by atoms with Crippen molar-refractivity contribution in [1.29, 1.82) is 5.26 Å². The van der Waals surface area contributed by atoms with Crippen LogP contribution in [0.3, 0.4) is 0 Å². The summed E-state index contributed by atoms with van der Waals surface area (Å²) in [5.41, 5.74) is 0.0850. The van der Waals surface area contributed by atoms with Crippen molar-refractivity contribution in [3.05, 3.63) is 28.3 Å². The zero-order valence-electron chi connectivity index (χ0n) is 6.84. The van der Waals surface area contributed by atoms with Gasteiger partial charge < -0.3 is 5.11 Å². The first-order valence-corrected chi connectivity index (χ1v) is 3.87. The van der Waals surface area contributed by atoms with E-state index in [9.17, 15) is 9.90 Å². The SMILES string of the molecule is CC(=O)c1cc(Cl)cc(C#N)c1O. The summed E-state index contributed by atoms with van der Waals surface area (Å²) < 4.78 is 0. The Morgan fingerprint density at radius 2 is 2.23 bits per heavy atom. The number of nitriles is 1. The van der Waals surface area contributed by atoms with E-state index in [1.165, 1.54) is 19.1 Å². The zero-order valence-corrected chi connectivity index (χ0v) is 7.59. The van der Waals surface area contributed by atoms with Gasteiger partial charge in [0, 0.05) is 5.02 Å². The second-order valence-electron chi connectivity index (χ2n) is 2.52. The monoisotopic (exact) mass is 195 g/mol. The van der Waals surface area contributed by atoms with Gasteiger partial charge >= 0.3 is 0 Å². The number of hydrogen-bond acceptors (Lipinski definition) is 3. The van der Waals surface area contributed by atoms with Crippen LogP contribution in [-0.4, -0.2) is 10.9 Å². The maximum atomic E-state index is 11.0. The maximum absolute atomic E-state index is 11.0. The van der Waals surface area contributed by atoms with Gasteiger partial charge in [-0.25, -0.2) is 0 Å². The standard InChI is InChI=1S/C9H6ClNO2/c1-5(12)8-3-7(10)2-6(4-11)9(8)13/h2-3,13H,1H3. The van der Waals surface area contributed by atoms with Crippen molar-refractivity contribution in [2.75, 3.05) is 0 Å². The lowest BCUT2D eigenvalue weighted by Crippen LogP contribution is -1.94. The minimum Gasteiger partial charge on any atom is -0.506 e. The molecule has 0 radical (unpaired) electrons. The summed E-state index contributed by atoms with van der Waals surface area (Å²) in [5, 5.41) is 18.2. The maximum Gasteiger partial charge on any atom is 0.163 e. The summed E-state index contributed by atoms with van der Waals surface area (Å²) in [6.07, 6.45) is 0. The first-order valence-electron chi connectivity index (χ1n) is 3.50. The number of nitrogens with zero attached hydrogens (tertiary/aromatic N) is 1. The lowest BCUT2D eigenvalue weighted by molar-refractivity contribution is 0.101. The van der Waals surface area contributed by atoms with Gasteiger partial charge in [-0.3, -0.25) is 4.79 Å². The van der Waals surface area contributed by atoms with E-state index in [1.54, 1.807) is 6.07 Å².